The van der Waals surface area contributed by atoms with Crippen LogP contribution in [0.15, 0.2) is 0 Å². The molecule has 118 valence electrons. The van der Waals surface area contributed by atoms with Crippen molar-refractivity contribution in [3.63, 3.8) is 0 Å². The SMILES string of the molecule is CC(C)CC(CN)CC(=O)NCCC1CCCC(C)C1. The van der Waals surface area contributed by atoms with E-state index in [1.807, 2.05) is 0 Å². The van der Waals surface area contributed by atoms with Crippen molar-refractivity contribution in [2.75, 3.05) is 13.1 Å². The summed E-state index contributed by atoms with van der Waals surface area (Å²) in [6.45, 7) is 8.18. The highest BCUT2D eigenvalue weighted by atomic mass is 16.1. The topological polar surface area (TPSA) is 55.1 Å². The van der Waals surface area contributed by atoms with Crippen LogP contribution in [0.3, 0.4) is 0 Å². The van der Waals surface area contributed by atoms with E-state index in [9.17, 15) is 4.79 Å². The fourth-order valence-electron chi connectivity index (χ4n) is 3.50. The van der Waals surface area contributed by atoms with Crippen LogP contribution < -0.4 is 11.1 Å². The van der Waals surface area contributed by atoms with Gasteiger partial charge in [0, 0.05) is 13.0 Å². The molecule has 3 nitrogen and oxygen atoms in total. The summed E-state index contributed by atoms with van der Waals surface area (Å²) in [4.78, 5) is 11.9. The first-order valence-corrected chi connectivity index (χ1v) is 8.48. The van der Waals surface area contributed by atoms with Gasteiger partial charge in [-0.15, -0.1) is 0 Å². The minimum Gasteiger partial charge on any atom is -0.356 e. The van der Waals surface area contributed by atoms with Crippen LogP contribution in [0.25, 0.3) is 0 Å². The third kappa shape index (κ3) is 7.28. The average molecular weight is 282 g/mol. The highest BCUT2D eigenvalue weighted by Gasteiger charge is 2.19. The molecule has 0 heterocycles. The van der Waals surface area contributed by atoms with E-state index in [0.717, 1.165) is 31.2 Å². The lowest BCUT2D eigenvalue weighted by molar-refractivity contribution is -0.122. The first-order valence-electron chi connectivity index (χ1n) is 8.48. The van der Waals surface area contributed by atoms with Crippen LogP contribution in [0.4, 0.5) is 0 Å². The van der Waals surface area contributed by atoms with Crippen LogP contribution >= 0.6 is 0 Å². The molecule has 3 unspecified atom stereocenters. The molecule has 0 aromatic carbocycles. The molecule has 0 bridgehead atoms. The molecule has 3 atom stereocenters. The van der Waals surface area contributed by atoms with E-state index >= 15 is 0 Å². The molecule has 1 aliphatic carbocycles. The van der Waals surface area contributed by atoms with E-state index in [-0.39, 0.29) is 5.91 Å². The van der Waals surface area contributed by atoms with Crippen molar-refractivity contribution in [1.82, 2.24) is 5.32 Å². The Hall–Kier alpha value is -0.570. The van der Waals surface area contributed by atoms with Crippen molar-refractivity contribution in [1.29, 1.82) is 0 Å². The summed E-state index contributed by atoms with van der Waals surface area (Å²) in [5.74, 6) is 2.83. The van der Waals surface area contributed by atoms with E-state index in [0.29, 0.717) is 24.8 Å². The minimum atomic E-state index is 0.185. The number of carbonyl (C=O) groups excluding carboxylic acids is 1. The molecular weight excluding hydrogens is 248 g/mol. The Morgan fingerprint density at radius 3 is 2.70 bits per heavy atom. The maximum absolute atomic E-state index is 11.9. The molecule has 1 fully saturated rings. The number of hydrogen-bond donors (Lipinski definition) is 2. The second kappa shape index (κ2) is 9.38. The van der Waals surface area contributed by atoms with E-state index in [4.69, 9.17) is 5.73 Å². The van der Waals surface area contributed by atoms with Crippen molar-refractivity contribution in [3.8, 4) is 0 Å². The number of carbonyl (C=O) groups is 1. The number of nitrogens with two attached hydrogens (primary N) is 1. The molecule has 0 saturated heterocycles. The fourth-order valence-corrected chi connectivity index (χ4v) is 3.50. The molecule has 1 amide bonds. The number of amides is 1. The van der Waals surface area contributed by atoms with Crippen LogP contribution in [0.5, 0.6) is 0 Å². The summed E-state index contributed by atoms with van der Waals surface area (Å²) in [6.07, 6.45) is 8.22. The zero-order chi connectivity index (χ0) is 15.0. The molecule has 0 aliphatic heterocycles. The molecule has 0 radical (unpaired) electrons. The van der Waals surface area contributed by atoms with Gasteiger partial charge in [-0.05, 0) is 49.5 Å². The second-order valence-corrected chi connectivity index (χ2v) is 7.21. The van der Waals surface area contributed by atoms with Crippen LogP contribution in [0.2, 0.25) is 0 Å². The summed E-state index contributed by atoms with van der Waals surface area (Å²) in [5.41, 5.74) is 5.75. The molecule has 1 aliphatic rings. The molecule has 3 heteroatoms. The third-order valence-corrected chi connectivity index (χ3v) is 4.53. The third-order valence-electron chi connectivity index (χ3n) is 4.53. The first kappa shape index (κ1) is 17.5. The number of rotatable bonds is 8. The largest absolute Gasteiger partial charge is 0.356 e. The Morgan fingerprint density at radius 2 is 2.10 bits per heavy atom. The van der Waals surface area contributed by atoms with Crippen molar-refractivity contribution in [2.45, 2.75) is 65.7 Å². The Bertz CT molecular complexity index is 278. The van der Waals surface area contributed by atoms with Crippen LogP contribution in [0.1, 0.15) is 65.7 Å². The molecule has 0 aromatic rings. The summed E-state index contributed by atoms with van der Waals surface area (Å²) in [7, 11) is 0. The molecular formula is C17H34N2O. The van der Waals surface area contributed by atoms with Crippen LogP contribution in [0, 0.1) is 23.7 Å². The van der Waals surface area contributed by atoms with Gasteiger partial charge in [-0.3, -0.25) is 4.79 Å². The van der Waals surface area contributed by atoms with Gasteiger partial charge in [-0.2, -0.15) is 0 Å². The Morgan fingerprint density at radius 1 is 1.35 bits per heavy atom. The second-order valence-electron chi connectivity index (χ2n) is 7.21. The fraction of sp³-hybridized carbons (Fsp3) is 0.941. The van der Waals surface area contributed by atoms with Gasteiger partial charge in [0.15, 0.2) is 0 Å². The zero-order valence-corrected chi connectivity index (χ0v) is 13.7. The van der Waals surface area contributed by atoms with Crippen LogP contribution in [-0.2, 0) is 4.79 Å². The quantitative estimate of drug-likeness (QED) is 0.717. The normalized spacial score (nSPS) is 24.6. The van der Waals surface area contributed by atoms with Crippen molar-refractivity contribution in [2.24, 2.45) is 29.4 Å². The summed E-state index contributed by atoms with van der Waals surface area (Å²) in [6, 6.07) is 0. The highest BCUT2D eigenvalue weighted by Crippen LogP contribution is 2.30. The number of nitrogens with one attached hydrogen (secondary N) is 1. The molecule has 3 N–H and O–H groups in total. The molecule has 1 rings (SSSR count). The smallest absolute Gasteiger partial charge is 0.220 e. The number of hydrogen-bond acceptors (Lipinski definition) is 2. The average Bonchev–Trinajstić information content (AvgIpc) is 2.37. The van der Waals surface area contributed by atoms with Gasteiger partial charge in [0.1, 0.15) is 0 Å². The molecule has 20 heavy (non-hydrogen) atoms. The van der Waals surface area contributed by atoms with Gasteiger partial charge in [0.05, 0.1) is 0 Å². The van der Waals surface area contributed by atoms with Gasteiger partial charge < -0.3 is 11.1 Å². The van der Waals surface area contributed by atoms with Crippen LogP contribution in [-0.4, -0.2) is 19.0 Å². The van der Waals surface area contributed by atoms with Crippen molar-refractivity contribution < 1.29 is 4.79 Å². The lowest BCUT2D eigenvalue weighted by Gasteiger charge is -2.26. The molecule has 0 spiro atoms. The van der Waals surface area contributed by atoms with Gasteiger partial charge in [-0.1, -0.05) is 40.0 Å². The van der Waals surface area contributed by atoms with E-state index in [2.05, 4.69) is 26.1 Å². The van der Waals surface area contributed by atoms with Crippen molar-refractivity contribution >= 4 is 5.91 Å². The first-order chi connectivity index (χ1) is 9.51. The van der Waals surface area contributed by atoms with E-state index in [1.54, 1.807) is 0 Å². The zero-order valence-electron chi connectivity index (χ0n) is 13.7. The monoisotopic (exact) mass is 282 g/mol. The predicted molar refractivity (Wildman–Crippen MR) is 85.4 cm³/mol. The Kier molecular flexibility index (Phi) is 8.20. The lowest BCUT2D eigenvalue weighted by Crippen LogP contribution is -2.30. The maximum atomic E-state index is 11.9. The Balaban J connectivity index is 2.15. The van der Waals surface area contributed by atoms with Gasteiger partial charge in [-0.25, -0.2) is 0 Å². The van der Waals surface area contributed by atoms with E-state index < -0.39 is 0 Å². The van der Waals surface area contributed by atoms with E-state index in [1.165, 1.54) is 25.7 Å². The van der Waals surface area contributed by atoms with Gasteiger partial charge >= 0.3 is 0 Å². The predicted octanol–water partition coefficient (Wildman–Crippen LogP) is 3.33. The summed E-state index contributed by atoms with van der Waals surface area (Å²) < 4.78 is 0. The molecule has 1 saturated carbocycles. The van der Waals surface area contributed by atoms with Gasteiger partial charge in [0.25, 0.3) is 0 Å². The standard InChI is InChI=1S/C17H34N2O/c1-13(2)9-16(12-18)11-17(20)19-8-7-15-6-4-5-14(3)10-15/h13-16H,4-12,18H2,1-3H3,(H,19,20). The summed E-state index contributed by atoms with van der Waals surface area (Å²) >= 11 is 0. The minimum absolute atomic E-state index is 0.185. The highest BCUT2D eigenvalue weighted by molar-refractivity contribution is 5.76. The van der Waals surface area contributed by atoms with Gasteiger partial charge in [0.2, 0.25) is 5.91 Å². The Labute approximate surface area is 125 Å². The lowest BCUT2D eigenvalue weighted by atomic mass is 9.81. The maximum Gasteiger partial charge on any atom is 0.220 e. The summed E-state index contributed by atoms with van der Waals surface area (Å²) in [5, 5.41) is 3.09. The van der Waals surface area contributed by atoms with Crippen molar-refractivity contribution in [3.05, 3.63) is 0 Å². The molecule has 0 aromatic heterocycles.